The van der Waals surface area contributed by atoms with Gasteiger partial charge in [0.05, 0.1) is 11.9 Å². The van der Waals surface area contributed by atoms with Gasteiger partial charge < -0.3 is 16.0 Å². The minimum Gasteiger partial charge on any atom is -0.357 e. The second kappa shape index (κ2) is 14.6. The fraction of sp³-hybridized carbons (Fsp3) is 0.632. The van der Waals surface area contributed by atoms with Crippen molar-refractivity contribution in [3.8, 4) is 0 Å². The van der Waals surface area contributed by atoms with Crippen LogP contribution in [0, 0.1) is 0 Å². The number of anilines is 1. The molecular formula is C19H35IN6O. The Morgan fingerprint density at radius 2 is 1.93 bits per heavy atom. The number of nitrogens with one attached hydrogen (secondary N) is 3. The van der Waals surface area contributed by atoms with Gasteiger partial charge in [-0.3, -0.25) is 14.7 Å². The van der Waals surface area contributed by atoms with E-state index in [1.807, 2.05) is 6.92 Å². The second-order valence-corrected chi connectivity index (χ2v) is 6.69. The van der Waals surface area contributed by atoms with Gasteiger partial charge in [0.15, 0.2) is 5.96 Å². The maximum Gasteiger partial charge on any atom is 0.246 e. The minimum absolute atomic E-state index is 0. The summed E-state index contributed by atoms with van der Waals surface area (Å²) < 4.78 is 0. The van der Waals surface area contributed by atoms with Crippen LogP contribution in [0.4, 0.5) is 5.69 Å². The molecule has 0 spiro atoms. The Kier molecular flexibility index (Phi) is 13.8. The normalized spacial score (nSPS) is 11.5. The van der Waals surface area contributed by atoms with E-state index in [1.165, 1.54) is 0 Å². The van der Waals surface area contributed by atoms with Crippen LogP contribution >= 0.6 is 24.0 Å². The molecule has 0 saturated carbocycles. The lowest BCUT2D eigenvalue weighted by molar-refractivity contribution is -0.114. The number of aromatic nitrogens is 1. The molecule has 0 fully saturated rings. The molecule has 7 nitrogen and oxygen atoms in total. The zero-order valence-corrected chi connectivity index (χ0v) is 19.5. The van der Waals surface area contributed by atoms with Crippen molar-refractivity contribution in [3.05, 3.63) is 24.5 Å². The summed E-state index contributed by atoms with van der Waals surface area (Å²) in [4.78, 5) is 22.8. The van der Waals surface area contributed by atoms with E-state index >= 15 is 0 Å². The fourth-order valence-corrected chi connectivity index (χ4v) is 2.71. The molecular weight excluding hydrogens is 455 g/mol. The van der Waals surface area contributed by atoms with Crippen LogP contribution in [0.25, 0.3) is 0 Å². The van der Waals surface area contributed by atoms with Gasteiger partial charge in [0.2, 0.25) is 5.91 Å². The smallest absolute Gasteiger partial charge is 0.246 e. The van der Waals surface area contributed by atoms with Gasteiger partial charge in [0.25, 0.3) is 0 Å². The van der Waals surface area contributed by atoms with E-state index in [1.54, 1.807) is 24.5 Å². The van der Waals surface area contributed by atoms with Gasteiger partial charge in [-0.2, -0.15) is 0 Å². The number of hydrogen-bond donors (Lipinski definition) is 3. The van der Waals surface area contributed by atoms with Crippen LogP contribution in [0.1, 0.15) is 41.0 Å². The molecule has 0 unspecified atom stereocenters. The van der Waals surface area contributed by atoms with Crippen molar-refractivity contribution in [2.45, 2.75) is 53.1 Å². The highest BCUT2D eigenvalue weighted by molar-refractivity contribution is 14.0. The lowest BCUT2D eigenvalue weighted by atomic mass is 10.2. The maximum atomic E-state index is 12.0. The Bertz CT molecular complexity index is 542. The highest BCUT2D eigenvalue weighted by Crippen LogP contribution is 2.05. The van der Waals surface area contributed by atoms with Crippen molar-refractivity contribution in [3.63, 3.8) is 0 Å². The van der Waals surface area contributed by atoms with Crippen molar-refractivity contribution in [2.75, 3.05) is 31.5 Å². The van der Waals surface area contributed by atoms with E-state index in [4.69, 9.17) is 0 Å². The molecule has 8 heteroatoms. The number of rotatable bonds is 10. The number of aliphatic imine (C=N–C) groups is 1. The number of guanidine groups is 1. The molecule has 27 heavy (non-hydrogen) atoms. The number of hydrogen-bond acceptors (Lipinski definition) is 4. The molecule has 1 aromatic heterocycles. The van der Waals surface area contributed by atoms with Gasteiger partial charge >= 0.3 is 0 Å². The first-order chi connectivity index (χ1) is 12.4. The van der Waals surface area contributed by atoms with Crippen molar-refractivity contribution in [1.29, 1.82) is 0 Å². The summed E-state index contributed by atoms with van der Waals surface area (Å²) in [7, 11) is 0. The Labute approximate surface area is 180 Å². The predicted molar refractivity (Wildman–Crippen MR) is 124 cm³/mol. The number of amides is 1. The van der Waals surface area contributed by atoms with Crippen LogP contribution in [0.2, 0.25) is 0 Å². The molecule has 0 atom stereocenters. The van der Waals surface area contributed by atoms with Crippen LogP contribution < -0.4 is 16.0 Å². The molecule has 0 saturated heterocycles. The molecule has 1 aromatic rings. The first-order valence-electron chi connectivity index (χ1n) is 9.41. The van der Waals surface area contributed by atoms with Gasteiger partial charge in [0.1, 0.15) is 6.54 Å². The Morgan fingerprint density at radius 3 is 2.48 bits per heavy atom. The monoisotopic (exact) mass is 490 g/mol. The van der Waals surface area contributed by atoms with E-state index < -0.39 is 0 Å². The van der Waals surface area contributed by atoms with Crippen molar-refractivity contribution in [2.24, 2.45) is 4.99 Å². The molecule has 0 aromatic carbocycles. The minimum atomic E-state index is -0.166. The van der Waals surface area contributed by atoms with Gasteiger partial charge in [-0.1, -0.05) is 0 Å². The Balaban J connectivity index is 0.00000676. The van der Waals surface area contributed by atoms with Crippen molar-refractivity contribution < 1.29 is 4.79 Å². The summed E-state index contributed by atoms with van der Waals surface area (Å²) in [6.45, 7) is 13.6. The predicted octanol–water partition coefficient (Wildman–Crippen LogP) is 2.70. The number of carbonyl (C=O) groups is 1. The molecule has 1 rings (SSSR count). The molecule has 0 aliphatic rings. The van der Waals surface area contributed by atoms with Crippen LogP contribution in [0.3, 0.4) is 0 Å². The molecule has 0 bridgehead atoms. The van der Waals surface area contributed by atoms with Crippen LogP contribution in [0.15, 0.2) is 29.5 Å². The van der Waals surface area contributed by atoms with Crippen LogP contribution in [-0.2, 0) is 4.79 Å². The lowest BCUT2D eigenvalue weighted by Gasteiger charge is -2.30. The van der Waals surface area contributed by atoms with Gasteiger partial charge in [-0.05, 0) is 53.2 Å². The van der Waals surface area contributed by atoms with E-state index in [0.29, 0.717) is 23.7 Å². The molecule has 0 aliphatic heterocycles. The third-order valence-corrected chi connectivity index (χ3v) is 3.88. The van der Waals surface area contributed by atoms with Crippen LogP contribution in [0.5, 0.6) is 0 Å². The molecule has 154 valence electrons. The number of nitrogens with zero attached hydrogens (tertiary/aromatic N) is 3. The summed E-state index contributed by atoms with van der Waals surface area (Å²) in [6.07, 6.45) is 4.30. The first-order valence-corrected chi connectivity index (χ1v) is 9.41. The van der Waals surface area contributed by atoms with Crippen LogP contribution in [-0.4, -0.2) is 60.0 Å². The summed E-state index contributed by atoms with van der Waals surface area (Å²) in [5.41, 5.74) is 0.674. The van der Waals surface area contributed by atoms with E-state index in [9.17, 15) is 4.79 Å². The largest absolute Gasteiger partial charge is 0.357 e. The van der Waals surface area contributed by atoms with Gasteiger partial charge in [0, 0.05) is 37.9 Å². The topological polar surface area (TPSA) is 81.6 Å². The molecule has 1 heterocycles. The average molecular weight is 490 g/mol. The zero-order chi connectivity index (χ0) is 19.4. The molecule has 1 amide bonds. The zero-order valence-electron chi connectivity index (χ0n) is 17.2. The van der Waals surface area contributed by atoms with E-state index in [-0.39, 0.29) is 36.4 Å². The van der Waals surface area contributed by atoms with Crippen molar-refractivity contribution in [1.82, 2.24) is 20.5 Å². The second-order valence-electron chi connectivity index (χ2n) is 6.69. The third-order valence-electron chi connectivity index (χ3n) is 3.88. The third kappa shape index (κ3) is 11.1. The summed E-state index contributed by atoms with van der Waals surface area (Å²) in [5.74, 6) is 0.496. The van der Waals surface area contributed by atoms with Gasteiger partial charge in [-0.25, -0.2) is 4.99 Å². The van der Waals surface area contributed by atoms with Crippen molar-refractivity contribution >= 4 is 41.5 Å². The fourth-order valence-electron chi connectivity index (χ4n) is 2.71. The summed E-state index contributed by atoms with van der Waals surface area (Å²) in [6, 6.07) is 4.65. The number of carbonyl (C=O) groups excluding carboxylic acids is 1. The van der Waals surface area contributed by atoms with E-state index in [0.717, 1.165) is 26.1 Å². The average Bonchev–Trinajstić information content (AvgIpc) is 2.59. The Morgan fingerprint density at radius 1 is 1.22 bits per heavy atom. The summed E-state index contributed by atoms with van der Waals surface area (Å²) >= 11 is 0. The Hall–Kier alpha value is -1.42. The quantitative estimate of drug-likeness (QED) is 0.203. The SMILES string of the molecule is CCNC(=NCC(=O)Nc1cccnc1)NCCCN(C(C)C)C(C)C.I. The summed E-state index contributed by atoms with van der Waals surface area (Å²) in [5, 5.41) is 9.24. The standard InChI is InChI=1S/C19H34N6O.HI/c1-6-21-19(22-11-8-12-25(15(2)3)16(4)5)23-14-18(26)24-17-9-7-10-20-13-17;/h7,9-10,13,15-16H,6,8,11-12,14H2,1-5H3,(H,24,26)(H2,21,22,23);1H. The van der Waals surface area contributed by atoms with Gasteiger partial charge in [-0.15, -0.1) is 24.0 Å². The van der Waals surface area contributed by atoms with E-state index in [2.05, 4.69) is 58.5 Å². The highest BCUT2D eigenvalue weighted by Gasteiger charge is 2.12. The lowest BCUT2D eigenvalue weighted by Crippen LogP contribution is -2.41. The number of halogens is 1. The first kappa shape index (κ1) is 25.6. The maximum absolute atomic E-state index is 12.0. The molecule has 0 aliphatic carbocycles. The molecule has 0 radical (unpaired) electrons. The molecule has 3 N–H and O–H groups in total. The highest BCUT2D eigenvalue weighted by atomic mass is 127. The number of pyridine rings is 1.